The Morgan fingerprint density at radius 2 is 1.68 bits per heavy atom. The van der Waals surface area contributed by atoms with E-state index in [0.717, 1.165) is 6.73 Å². The van der Waals surface area contributed by atoms with Crippen molar-refractivity contribution < 1.29 is 9.47 Å². The van der Waals surface area contributed by atoms with Gasteiger partial charge in [0.2, 0.25) is 0 Å². The number of likely N-dealkylation sites (tertiary alicyclic amines) is 2. The summed E-state index contributed by atoms with van der Waals surface area (Å²) in [4.78, 5) is 5.00. The van der Waals surface area contributed by atoms with E-state index < -0.39 is 0 Å². The lowest BCUT2D eigenvalue weighted by atomic mass is 9.78. The molecule has 2 saturated carbocycles. The highest BCUT2D eigenvalue weighted by Gasteiger charge is 2.48. The molecule has 2 spiro atoms. The van der Waals surface area contributed by atoms with Gasteiger partial charge in [0.05, 0.1) is 18.9 Å². The van der Waals surface area contributed by atoms with Crippen LogP contribution in [0.15, 0.2) is 0 Å². The molecule has 3 unspecified atom stereocenters. The third kappa shape index (κ3) is 2.83. The summed E-state index contributed by atoms with van der Waals surface area (Å²) in [7, 11) is 4.12. The maximum atomic E-state index is 6.26. The first-order chi connectivity index (χ1) is 10.6. The number of nitrogens with zero attached hydrogens (tertiary/aromatic N) is 2. The second-order valence-corrected chi connectivity index (χ2v) is 8.74. The van der Waals surface area contributed by atoms with Crippen LogP contribution in [0.25, 0.3) is 0 Å². The zero-order valence-corrected chi connectivity index (χ0v) is 14.4. The van der Waals surface area contributed by atoms with Gasteiger partial charge in [0, 0.05) is 26.7 Å². The van der Waals surface area contributed by atoms with E-state index in [4.69, 9.17) is 9.47 Å². The van der Waals surface area contributed by atoms with Crippen LogP contribution in [0.3, 0.4) is 0 Å². The third-order valence-corrected chi connectivity index (χ3v) is 6.89. The van der Waals surface area contributed by atoms with E-state index >= 15 is 0 Å². The lowest BCUT2D eigenvalue weighted by Gasteiger charge is -2.48. The minimum absolute atomic E-state index is 0.511. The van der Waals surface area contributed by atoms with Crippen LogP contribution in [0.4, 0.5) is 0 Å². The number of hydrogen-bond acceptors (Lipinski definition) is 4. The topological polar surface area (TPSA) is 24.9 Å². The number of rotatable bonds is 4. The minimum Gasteiger partial charge on any atom is -0.381 e. The van der Waals surface area contributed by atoms with Crippen LogP contribution >= 0.6 is 0 Å². The zero-order chi connectivity index (χ0) is 15.2. The molecule has 0 aromatic carbocycles. The SMILES string of the molecule is COC1CCC2(C1)CN(COC1CCC3(CCN(C)C3)C1)C2. The first-order valence-electron chi connectivity index (χ1n) is 9.16. The van der Waals surface area contributed by atoms with Gasteiger partial charge in [-0.3, -0.25) is 4.90 Å². The molecule has 0 amide bonds. The van der Waals surface area contributed by atoms with Crippen LogP contribution in [0.5, 0.6) is 0 Å². The van der Waals surface area contributed by atoms with Gasteiger partial charge in [-0.15, -0.1) is 0 Å². The molecular weight excluding hydrogens is 276 g/mol. The van der Waals surface area contributed by atoms with E-state index in [1.807, 2.05) is 7.11 Å². The highest BCUT2D eigenvalue weighted by Crippen LogP contribution is 2.48. The molecule has 0 bridgehead atoms. The van der Waals surface area contributed by atoms with Gasteiger partial charge < -0.3 is 14.4 Å². The Morgan fingerprint density at radius 1 is 0.955 bits per heavy atom. The summed E-state index contributed by atoms with van der Waals surface area (Å²) < 4.78 is 11.8. The normalized spacial score (nSPS) is 41.7. The molecule has 2 aliphatic heterocycles. The molecular formula is C18H32N2O2. The Bertz CT molecular complexity index is 410. The molecule has 4 nitrogen and oxygen atoms in total. The van der Waals surface area contributed by atoms with Gasteiger partial charge in [-0.05, 0) is 69.4 Å². The summed E-state index contributed by atoms with van der Waals surface area (Å²) in [5.41, 5.74) is 1.15. The standard InChI is InChI=1S/C18H32N2O2/c1-19-8-7-17(11-19)5-4-16(10-17)22-14-20-12-18(13-20)6-3-15(9-18)21-2/h15-16H,3-14H2,1-2H3. The molecule has 0 N–H and O–H groups in total. The monoisotopic (exact) mass is 308 g/mol. The predicted molar refractivity (Wildman–Crippen MR) is 86.8 cm³/mol. The molecule has 4 fully saturated rings. The average Bonchev–Trinajstić information content (AvgIpc) is 3.15. The molecule has 2 saturated heterocycles. The van der Waals surface area contributed by atoms with E-state index in [0.29, 0.717) is 23.0 Å². The van der Waals surface area contributed by atoms with E-state index in [-0.39, 0.29) is 0 Å². The van der Waals surface area contributed by atoms with Crippen molar-refractivity contribution in [2.75, 3.05) is 47.1 Å². The maximum Gasteiger partial charge on any atom is 0.0994 e. The predicted octanol–water partition coefficient (Wildman–Crippen LogP) is 2.34. The summed E-state index contributed by atoms with van der Waals surface area (Å²) in [6, 6.07) is 0. The number of hydrogen-bond donors (Lipinski definition) is 0. The van der Waals surface area contributed by atoms with Crippen LogP contribution in [0.2, 0.25) is 0 Å². The Morgan fingerprint density at radius 3 is 2.36 bits per heavy atom. The number of methoxy groups -OCH3 is 1. The summed E-state index contributed by atoms with van der Waals surface area (Å²) in [5.74, 6) is 0. The largest absolute Gasteiger partial charge is 0.381 e. The second-order valence-electron chi connectivity index (χ2n) is 8.74. The lowest BCUT2D eigenvalue weighted by molar-refractivity contribution is -0.103. The van der Waals surface area contributed by atoms with Gasteiger partial charge in [0.15, 0.2) is 0 Å². The fraction of sp³-hybridized carbons (Fsp3) is 1.00. The summed E-state index contributed by atoms with van der Waals surface area (Å²) in [6.07, 6.45) is 10.2. The third-order valence-electron chi connectivity index (χ3n) is 6.89. The Labute approximate surface area is 135 Å². The molecule has 2 aliphatic carbocycles. The molecule has 126 valence electrons. The van der Waals surface area contributed by atoms with Crippen molar-refractivity contribution in [3.8, 4) is 0 Å². The van der Waals surface area contributed by atoms with Crippen LogP contribution in [0.1, 0.15) is 44.9 Å². The zero-order valence-electron chi connectivity index (χ0n) is 14.4. The quantitative estimate of drug-likeness (QED) is 0.796. The van der Waals surface area contributed by atoms with E-state index in [9.17, 15) is 0 Å². The van der Waals surface area contributed by atoms with Crippen LogP contribution in [-0.4, -0.2) is 69.1 Å². The first kappa shape index (κ1) is 15.4. The Balaban J connectivity index is 1.18. The van der Waals surface area contributed by atoms with Gasteiger partial charge >= 0.3 is 0 Å². The number of ether oxygens (including phenoxy) is 2. The molecule has 22 heavy (non-hydrogen) atoms. The van der Waals surface area contributed by atoms with Gasteiger partial charge in [-0.25, -0.2) is 0 Å². The van der Waals surface area contributed by atoms with Gasteiger partial charge in [0.1, 0.15) is 0 Å². The van der Waals surface area contributed by atoms with Gasteiger partial charge in [-0.2, -0.15) is 0 Å². The summed E-state index contributed by atoms with van der Waals surface area (Å²) >= 11 is 0. The van der Waals surface area contributed by atoms with E-state index in [1.165, 1.54) is 71.1 Å². The fourth-order valence-corrected chi connectivity index (χ4v) is 5.67. The van der Waals surface area contributed by atoms with Crippen molar-refractivity contribution in [2.24, 2.45) is 10.8 Å². The van der Waals surface area contributed by atoms with Crippen LogP contribution in [0, 0.1) is 10.8 Å². The van der Waals surface area contributed by atoms with Crippen molar-refractivity contribution >= 4 is 0 Å². The molecule has 3 atom stereocenters. The van der Waals surface area contributed by atoms with Crippen molar-refractivity contribution in [3.05, 3.63) is 0 Å². The first-order valence-corrected chi connectivity index (χ1v) is 9.16. The molecule has 4 heteroatoms. The minimum atomic E-state index is 0.511. The van der Waals surface area contributed by atoms with Crippen LogP contribution < -0.4 is 0 Å². The van der Waals surface area contributed by atoms with Crippen LogP contribution in [-0.2, 0) is 9.47 Å². The van der Waals surface area contributed by atoms with Gasteiger partial charge in [0.25, 0.3) is 0 Å². The maximum absolute atomic E-state index is 6.26. The molecule has 4 aliphatic rings. The average molecular weight is 308 g/mol. The van der Waals surface area contributed by atoms with Crippen molar-refractivity contribution in [1.82, 2.24) is 9.80 Å². The molecule has 0 aromatic rings. The van der Waals surface area contributed by atoms with Crippen molar-refractivity contribution in [1.29, 1.82) is 0 Å². The molecule has 0 radical (unpaired) electrons. The summed E-state index contributed by atoms with van der Waals surface area (Å²) in [5, 5.41) is 0. The summed E-state index contributed by atoms with van der Waals surface area (Å²) in [6.45, 7) is 5.89. The highest BCUT2D eigenvalue weighted by molar-refractivity contribution is 5.00. The Kier molecular flexibility index (Phi) is 4.00. The highest BCUT2D eigenvalue weighted by atomic mass is 16.5. The lowest BCUT2D eigenvalue weighted by Crippen LogP contribution is -2.56. The molecule has 4 rings (SSSR count). The van der Waals surface area contributed by atoms with Crippen molar-refractivity contribution in [3.63, 3.8) is 0 Å². The molecule has 0 aromatic heterocycles. The van der Waals surface area contributed by atoms with E-state index in [1.54, 1.807) is 0 Å². The Hall–Kier alpha value is -0.160. The van der Waals surface area contributed by atoms with E-state index in [2.05, 4.69) is 16.8 Å². The smallest absolute Gasteiger partial charge is 0.0994 e. The second kappa shape index (κ2) is 5.73. The van der Waals surface area contributed by atoms with Crippen molar-refractivity contribution in [2.45, 2.75) is 57.2 Å². The molecule has 2 heterocycles. The van der Waals surface area contributed by atoms with Gasteiger partial charge in [-0.1, -0.05) is 0 Å². The fourth-order valence-electron chi connectivity index (χ4n) is 5.67.